The van der Waals surface area contributed by atoms with Gasteiger partial charge in [-0.3, -0.25) is 0 Å². The molecule has 0 aromatic heterocycles. The number of rotatable bonds is 3. The molecule has 0 aliphatic rings. The number of isocyanates is 2. The summed E-state index contributed by atoms with van der Waals surface area (Å²) in [5, 5.41) is 0. The van der Waals surface area contributed by atoms with Gasteiger partial charge in [-0.05, 0) is 17.7 Å². The van der Waals surface area contributed by atoms with Crippen LogP contribution in [-0.2, 0) is 9.59 Å². The maximum absolute atomic E-state index is 10.5. The predicted octanol–water partition coefficient (Wildman–Crippen LogP) is 3.58. The second-order valence-electron chi connectivity index (χ2n) is 3.60. The van der Waals surface area contributed by atoms with Gasteiger partial charge in [-0.25, -0.2) is 9.59 Å². The summed E-state index contributed by atoms with van der Waals surface area (Å²) in [6.07, 6.45) is 2.98. The lowest BCUT2D eigenvalue weighted by molar-refractivity contribution is 0.564. The monoisotopic (exact) mass is 268 g/mol. The summed E-state index contributed by atoms with van der Waals surface area (Å²) in [6.45, 7) is 0. The summed E-state index contributed by atoms with van der Waals surface area (Å²) in [5.41, 5.74) is 2.05. The molecule has 4 nitrogen and oxygen atoms in total. The third-order valence-electron chi connectivity index (χ3n) is 2.52. The Balaban J connectivity index is 2.84. The number of hydrogen-bond acceptors (Lipinski definition) is 5. The second kappa shape index (κ2) is 5.94. The van der Waals surface area contributed by atoms with Gasteiger partial charge in [-0.2, -0.15) is 9.98 Å². The molecule has 0 heterocycles. The third kappa shape index (κ3) is 2.69. The van der Waals surface area contributed by atoms with Gasteiger partial charge in [0, 0.05) is 10.5 Å². The van der Waals surface area contributed by atoms with Crippen LogP contribution in [0, 0.1) is 0 Å². The number of thiol groups is 1. The normalized spacial score (nSPS) is 9.32. The SMILES string of the molecule is O=C=Nc1ccc(S)c(N=C=O)c1-c1ccccc1. The van der Waals surface area contributed by atoms with E-state index in [2.05, 4.69) is 22.6 Å². The van der Waals surface area contributed by atoms with Crippen LogP contribution in [-0.4, -0.2) is 12.2 Å². The summed E-state index contributed by atoms with van der Waals surface area (Å²) in [6, 6.07) is 12.4. The Morgan fingerprint density at radius 2 is 1.58 bits per heavy atom. The van der Waals surface area contributed by atoms with Gasteiger partial charge in [0.1, 0.15) is 0 Å². The highest BCUT2D eigenvalue weighted by Gasteiger charge is 2.13. The molecule has 5 heteroatoms. The lowest BCUT2D eigenvalue weighted by Crippen LogP contribution is -1.82. The van der Waals surface area contributed by atoms with Gasteiger partial charge < -0.3 is 0 Å². The van der Waals surface area contributed by atoms with Crippen molar-refractivity contribution in [1.29, 1.82) is 0 Å². The summed E-state index contributed by atoms with van der Waals surface area (Å²) < 4.78 is 0. The molecule has 0 spiro atoms. The molecule has 0 radical (unpaired) electrons. The summed E-state index contributed by atoms with van der Waals surface area (Å²) >= 11 is 4.25. The quantitative estimate of drug-likeness (QED) is 0.525. The minimum Gasteiger partial charge on any atom is -0.211 e. The molecule has 0 saturated carbocycles. The van der Waals surface area contributed by atoms with Crippen molar-refractivity contribution in [2.75, 3.05) is 0 Å². The molecule has 0 bridgehead atoms. The van der Waals surface area contributed by atoms with Crippen molar-refractivity contribution in [2.45, 2.75) is 4.90 Å². The van der Waals surface area contributed by atoms with E-state index in [-0.39, 0.29) is 0 Å². The van der Waals surface area contributed by atoms with E-state index >= 15 is 0 Å². The minimum atomic E-state index is 0.334. The van der Waals surface area contributed by atoms with E-state index in [1.165, 1.54) is 12.2 Å². The molecule has 19 heavy (non-hydrogen) atoms. The van der Waals surface area contributed by atoms with Crippen LogP contribution in [0.25, 0.3) is 11.1 Å². The van der Waals surface area contributed by atoms with Gasteiger partial charge in [-0.15, -0.1) is 12.6 Å². The first-order valence-corrected chi connectivity index (χ1v) is 5.79. The Morgan fingerprint density at radius 1 is 0.895 bits per heavy atom. The van der Waals surface area contributed by atoms with Crippen LogP contribution in [0.2, 0.25) is 0 Å². The van der Waals surface area contributed by atoms with Crippen LogP contribution in [0.3, 0.4) is 0 Å². The van der Waals surface area contributed by atoms with Crippen molar-refractivity contribution in [3.05, 3.63) is 42.5 Å². The van der Waals surface area contributed by atoms with Crippen molar-refractivity contribution in [1.82, 2.24) is 0 Å². The van der Waals surface area contributed by atoms with Gasteiger partial charge >= 0.3 is 0 Å². The van der Waals surface area contributed by atoms with Crippen molar-refractivity contribution in [3.8, 4) is 11.1 Å². The van der Waals surface area contributed by atoms with Crippen LogP contribution in [0.4, 0.5) is 11.4 Å². The highest BCUT2D eigenvalue weighted by atomic mass is 32.1. The zero-order valence-corrected chi connectivity index (χ0v) is 10.6. The topological polar surface area (TPSA) is 58.9 Å². The van der Waals surface area contributed by atoms with Crippen LogP contribution >= 0.6 is 12.6 Å². The zero-order chi connectivity index (χ0) is 13.7. The van der Waals surface area contributed by atoms with Crippen LogP contribution in [0.15, 0.2) is 57.3 Å². The van der Waals surface area contributed by atoms with Gasteiger partial charge in [0.15, 0.2) is 0 Å². The standard InChI is InChI=1S/C14H8N2O2S/c17-8-15-11-6-7-12(19)14(16-9-18)13(11)10-4-2-1-3-5-10/h1-7,19H. The van der Waals surface area contributed by atoms with Crippen molar-refractivity contribution >= 4 is 36.2 Å². The average Bonchev–Trinajstić information content (AvgIpc) is 2.44. The molecule has 0 N–H and O–H groups in total. The first-order chi connectivity index (χ1) is 9.27. The molecular formula is C14H8N2O2S. The number of hydrogen-bond donors (Lipinski definition) is 1. The van der Waals surface area contributed by atoms with Gasteiger partial charge in [0.2, 0.25) is 12.2 Å². The molecule has 0 atom stereocenters. The molecule has 0 fully saturated rings. The van der Waals surface area contributed by atoms with E-state index < -0.39 is 0 Å². The Bertz CT molecular complexity index is 701. The Morgan fingerprint density at radius 3 is 2.21 bits per heavy atom. The lowest BCUT2D eigenvalue weighted by atomic mass is 10.0. The van der Waals surface area contributed by atoms with Crippen molar-refractivity contribution in [2.24, 2.45) is 9.98 Å². The average molecular weight is 268 g/mol. The highest BCUT2D eigenvalue weighted by molar-refractivity contribution is 7.80. The molecule has 0 unspecified atom stereocenters. The molecule has 92 valence electrons. The van der Waals surface area contributed by atoms with Crippen LogP contribution in [0.5, 0.6) is 0 Å². The van der Waals surface area contributed by atoms with E-state index in [0.717, 1.165) is 5.56 Å². The van der Waals surface area contributed by atoms with E-state index in [9.17, 15) is 9.59 Å². The lowest BCUT2D eigenvalue weighted by Gasteiger charge is -2.09. The number of carbonyl (C=O) groups excluding carboxylic acids is 2. The molecule has 2 aromatic rings. The maximum Gasteiger partial charge on any atom is 0.240 e. The summed E-state index contributed by atoms with van der Waals surface area (Å²) in [7, 11) is 0. The smallest absolute Gasteiger partial charge is 0.211 e. The fourth-order valence-electron chi connectivity index (χ4n) is 1.76. The Kier molecular flexibility index (Phi) is 4.06. The van der Waals surface area contributed by atoms with Crippen molar-refractivity contribution in [3.63, 3.8) is 0 Å². The minimum absolute atomic E-state index is 0.334. The van der Waals surface area contributed by atoms with E-state index in [1.54, 1.807) is 12.1 Å². The fourth-order valence-corrected chi connectivity index (χ4v) is 2.00. The number of nitrogens with zero attached hydrogens (tertiary/aromatic N) is 2. The largest absolute Gasteiger partial charge is 0.240 e. The Labute approximate surface area is 114 Å². The molecule has 0 aliphatic heterocycles. The van der Waals surface area contributed by atoms with Gasteiger partial charge in [-0.1, -0.05) is 30.3 Å². The van der Waals surface area contributed by atoms with E-state index in [1.807, 2.05) is 30.3 Å². The first-order valence-electron chi connectivity index (χ1n) is 5.35. The molecule has 0 amide bonds. The predicted molar refractivity (Wildman–Crippen MR) is 74.7 cm³/mol. The zero-order valence-electron chi connectivity index (χ0n) is 9.70. The van der Waals surface area contributed by atoms with Crippen LogP contribution < -0.4 is 0 Å². The first kappa shape index (κ1) is 13.0. The third-order valence-corrected chi connectivity index (χ3v) is 2.88. The van der Waals surface area contributed by atoms with Crippen LogP contribution in [0.1, 0.15) is 0 Å². The van der Waals surface area contributed by atoms with Crippen molar-refractivity contribution < 1.29 is 9.59 Å². The number of aliphatic imine (C=N–C) groups is 2. The highest BCUT2D eigenvalue weighted by Crippen LogP contribution is 2.42. The van der Waals surface area contributed by atoms with Gasteiger partial charge in [0.25, 0.3) is 0 Å². The summed E-state index contributed by atoms with van der Waals surface area (Å²) in [4.78, 5) is 28.8. The molecule has 0 aliphatic carbocycles. The maximum atomic E-state index is 10.5. The molecular weight excluding hydrogens is 260 g/mol. The number of benzene rings is 2. The summed E-state index contributed by atoms with van der Waals surface area (Å²) in [5.74, 6) is 0. The Hall–Kier alpha value is -2.45. The second-order valence-corrected chi connectivity index (χ2v) is 4.08. The van der Waals surface area contributed by atoms with E-state index in [4.69, 9.17) is 0 Å². The fraction of sp³-hybridized carbons (Fsp3) is 0. The van der Waals surface area contributed by atoms with Gasteiger partial charge in [0.05, 0.1) is 11.4 Å². The molecule has 0 saturated heterocycles. The molecule has 2 aromatic carbocycles. The molecule has 2 rings (SSSR count). The van der Waals surface area contributed by atoms with E-state index in [0.29, 0.717) is 21.8 Å².